The van der Waals surface area contributed by atoms with Crippen LogP contribution in [0.3, 0.4) is 0 Å². The predicted molar refractivity (Wildman–Crippen MR) is 113 cm³/mol. The van der Waals surface area contributed by atoms with Gasteiger partial charge in [-0.1, -0.05) is 23.9 Å². The van der Waals surface area contributed by atoms with Crippen molar-refractivity contribution in [1.29, 1.82) is 0 Å². The molecule has 2 aromatic heterocycles. The summed E-state index contributed by atoms with van der Waals surface area (Å²) in [6.07, 6.45) is -0.403. The lowest BCUT2D eigenvalue weighted by Crippen LogP contribution is -2.25. The summed E-state index contributed by atoms with van der Waals surface area (Å²) in [5.41, 5.74) is 5.62. The molecule has 0 unspecified atom stereocenters. The van der Waals surface area contributed by atoms with Crippen molar-refractivity contribution < 1.29 is 19.1 Å². The Morgan fingerprint density at radius 3 is 2.83 bits per heavy atom. The molecule has 1 aliphatic heterocycles. The number of para-hydroxylation sites is 2. The number of nitrogens with one attached hydrogen (secondary N) is 1. The molecular formula is C19H19N5O4S2. The van der Waals surface area contributed by atoms with Gasteiger partial charge in [-0.05, 0) is 30.5 Å². The van der Waals surface area contributed by atoms with Crippen LogP contribution in [-0.2, 0) is 11.8 Å². The van der Waals surface area contributed by atoms with Crippen LogP contribution < -0.4 is 20.5 Å². The van der Waals surface area contributed by atoms with Crippen molar-refractivity contribution >= 4 is 39.9 Å². The molecule has 1 aromatic carbocycles. The van der Waals surface area contributed by atoms with E-state index >= 15 is 0 Å². The molecule has 1 aliphatic rings. The molecule has 0 radical (unpaired) electrons. The number of carbonyl (C=O) groups excluding carboxylic acids is 2. The number of primary amides is 1. The molecule has 0 saturated carbocycles. The van der Waals surface area contributed by atoms with E-state index in [1.54, 1.807) is 22.9 Å². The number of hydrogen-bond donors (Lipinski definition) is 2. The number of ether oxygens (including phenoxy) is 2. The Hall–Kier alpha value is -3.05. The molecule has 0 bridgehead atoms. The number of aromatic nitrogens is 3. The van der Waals surface area contributed by atoms with Crippen LogP contribution in [0.15, 0.2) is 40.9 Å². The van der Waals surface area contributed by atoms with E-state index in [2.05, 4.69) is 15.5 Å². The molecule has 156 valence electrons. The zero-order valence-corrected chi connectivity index (χ0v) is 17.8. The second-order valence-electron chi connectivity index (χ2n) is 6.54. The first-order valence-electron chi connectivity index (χ1n) is 9.06. The Balaban J connectivity index is 1.43. The number of benzene rings is 1. The highest BCUT2D eigenvalue weighted by molar-refractivity contribution is 8.00. The fourth-order valence-corrected chi connectivity index (χ4v) is 4.50. The number of amides is 2. The first-order valence-corrected chi connectivity index (χ1v) is 10.8. The van der Waals surface area contributed by atoms with E-state index in [1.165, 1.54) is 23.1 Å². The second kappa shape index (κ2) is 8.36. The number of thiophene rings is 1. The maximum absolute atomic E-state index is 12.6. The second-order valence-corrected chi connectivity index (χ2v) is 8.77. The van der Waals surface area contributed by atoms with Gasteiger partial charge < -0.3 is 25.1 Å². The Morgan fingerprint density at radius 1 is 1.30 bits per heavy atom. The summed E-state index contributed by atoms with van der Waals surface area (Å²) in [7, 11) is 1.82. The molecule has 11 heteroatoms. The average molecular weight is 446 g/mol. The summed E-state index contributed by atoms with van der Waals surface area (Å²) in [6.45, 7) is 2.07. The van der Waals surface area contributed by atoms with Crippen molar-refractivity contribution in [2.45, 2.75) is 23.4 Å². The molecule has 3 aromatic rings. The molecule has 4 rings (SSSR count). The summed E-state index contributed by atoms with van der Waals surface area (Å²) in [5.74, 6) is 1.11. The van der Waals surface area contributed by atoms with Gasteiger partial charge in [-0.3, -0.25) is 9.59 Å². The SMILES string of the molecule is C[C@@H](Sc1nnc([C@@H]2COc3ccccc3O2)n1C)C(=O)Nc1sccc1C(N)=O. The number of thioether (sulfide) groups is 1. The lowest BCUT2D eigenvalue weighted by Gasteiger charge is -2.25. The highest BCUT2D eigenvalue weighted by atomic mass is 32.2. The van der Waals surface area contributed by atoms with Gasteiger partial charge in [0, 0.05) is 7.05 Å². The van der Waals surface area contributed by atoms with E-state index in [-0.39, 0.29) is 5.91 Å². The third-order valence-corrected chi connectivity index (χ3v) is 6.45. The first-order chi connectivity index (χ1) is 14.4. The highest BCUT2D eigenvalue weighted by Crippen LogP contribution is 2.36. The number of carbonyl (C=O) groups is 2. The predicted octanol–water partition coefficient (Wildman–Crippen LogP) is 2.61. The third-order valence-electron chi connectivity index (χ3n) is 4.48. The van der Waals surface area contributed by atoms with Gasteiger partial charge in [0.2, 0.25) is 5.91 Å². The van der Waals surface area contributed by atoms with Crippen LogP contribution >= 0.6 is 23.1 Å². The van der Waals surface area contributed by atoms with Gasteiger partial charge in [0.1, 0.15) is 11.6 Å². The highest BCUT2D eigenvalue weighted by Gasteiger charge is 2.28. The minimum atomic E-state index is -0.582. The number of nitrogens with zero attached hydrogens (tertiary/aromatic N) is 3. The largest absolute Gasteiger partial charge is 0.485 e. The molecule has 0 aliphatic carbocycles. The van der Waals surface area contributed by atoms with Crippen LogP contribution in [0.4, 0.5) is 5.00 Å². The number of fused-ring (bicyclic) bond motifs is 1. The maximum Gasteiger partial charge on any atom is 0.251 e. The molecule has 0 fully saturated rings. The average Bonchev–Trinajstić information content (AvgIpc) is 3.34. The molecule has 0 spiro atoms. The Labute approximate surface area is 180 Å². The normalized spacial score (nSPS) is 16.1. The Morgan fingerprint density at radius 2 is 2.07 bits per heavy atom. The number of nitrogens with two attached hydrogens (primary N) is 1. The molecule has 30 heavy (non-hydrogen) atoms. The van der Waals surface area contributed by atoms with E-state index in [4.69, 9.17) is 15.2 Å². The summed E-state index contributed by atoms with van der Waals surface area (Å²) >= 11 is 2.50. The van der Waals surface area contributed by atoms with E-state index in [9.17, 15) is 9.59 Å². The maximum atomic E-state index is 12.6. The summed E-state index contributed by atoms with van der Waals surface area (Å²) < 4.78 is 13.5. The van der Waals surface area contributed by atoms with E-state index in [0.717, 1.165) is 0 Å². The number of anilines is 1. The van der Waals surface area contributed by atoms with Crippen LogP contribution in [0.25, 0.3) is 0 Å². The Kier molecular flexibility index (Phi) is 5.64. The molecule has 9 nitrogen and oxygen atoms in total. The van der Waals surface area contributed by atoms with Gasteiger partial charge in [0.15, 0.2) is 28.6 Å². The van der Waals surface area contributed by atoms with E-state index < -0.39 is 17.3 Å². The van der Waals surface area contributed by atoms with Crippen molar-refractivity contribution in [2.24, 2.45) is 12.8 Å². The quantitative estimate of drug-likeness (QED) is 0.559. The smallest absolute Gasteiger partial charge is 0.251 e. The first kappa shape index (κ1) is 20.2. The van der Waals surface area contributed by atoms with Gasteiger partial charge in [-0.25, -0.2) is 0 Å². The molecule has 2 amide bonds. The molecule has 3 heterocycles. The summed E-state index contributed by atoms with van der Waals surface area (Å²) in [6, 6.07) is 9.03. The van der Waals surface area contributed by atoms with E-state index in [1.807, 2.05) is 31.3 Å². The van der Waals surface area contributed by atoms with Gasteiger partial charge in [-0.15, -0.1) is 21.5 Å². The monoisotopic (exact) mass is 445 g/mol. The minimum Gasteiger partial charge on any atom is -0.485 e. The summed E-state index contributed by atoms with van der Waals surface area (Å²) in [5, 5.41) is 13.4. The van der Waals surface area contributed by atoms with Crippen LogP contribution in [-0.4, -0.2) is 38.4 Å². The number of rotatable bonds is 6. The van der Waals surface area contributed by atoms with Crippen molar-refractivity contribution in [3.63, 3.8) is 0 Å². The standard InChI is InChI=1S/C19H19N5O4S2/c1-10(17(26)21-18-11(15(20)25)7-8-29-18)30-19-23-22-16(24(19)2)14-9-27-12-5-3-4-6-13(12)28-14/h3-8,10,14H,9H2,1-2H3,(H2,20,25)(H,21,26)/t10-,14+/m1/s1. The van der Waals surface area contributed by atoms with Crippen molar-refractivity contribution in [1.82, 2.24) is 14.8 Å². The van der Waals surface area contributed by atoms with Gasteiger partial charge in [0.05, 0.1) is 10.8 Å². The van der Waals surface area contributed by atoms with Gasteiger partial charge in [-0.2, -0.15) is 0 Å². The van der Waals surface area contributed by atoms with Crippen LogP contribution in [0.2, 0.25) is 0 Å². The molecule has 2 atom stereocenters. The zero-order chi connectivity index (χ0) is 21.3. The third kappa shape index (κ3) is 3.98. The van der Waals surface area contributed by atoms with Crippen LogP contribution in [0, 0.1) is 0 Å². The van der Waals surface area contributed by atoms with Gasteiger partial charge in [0.25, 0.3) is 5.91 Å². The topological polar surface area (TPSA) is 121 Å². The Bertz CT molecular complexity index is 1100. The summed E-state index contributed by atoms with van der Waals surface area (Å²) in [4.78, 5) is 24.0. The lowest BCUT2D eigenvalue weighted by molar-refractivity contribution is -0.115. The molecule has 3 N–H and O–H groups in total. The molecule has 0 saturated heterocycles. The van der Waals surface area contributed by atoms with Crippen LogP contribution in [0.5, 0.6) is 11.5 Å². The van der Waals surface area contributed by atoms with Crippen molar-refractivity contribution in [2.75, 3.05) is 11.9 Å². The van der Waals surface area contributed by atoms with Gasteiger partial charge >= 0.3 is 0 Å². The van der Waals surface area contributed by atoms with Crippen molar-refractivity contribution in [3.8, 4) is 11.5 Å². The van der Waals surface area contributed by atoms with Crippen LogP contribution in [0.1, 0.15) is 29.2 Å². The zero-order valence-electron chi connectivity index (χ0n) is 16.2. The van der Waals surface area contributed by atoms with Crippen molar-refractivity contribution in [3.05, 3.63) is 47.1 Å². The lowest BCUT2D eigenvalue weighted by atomic mass is 10.2. The van der Waals surface area contributed by atoms with E-state index in [0.29, 0.717) is 39.7 Å². The number of hydrogen-bond acceptors (Lipinski definition) is 8. The molecular weight excluding hydrogens is 426 g/mol. The fourth-order valence-electron chi connectivity index (χ4n) is 2.88. The minimum absolute atomic E-state index is 0.263. The fraction of sp³-hybridized carbons (Fsp3) is 0.263.